The van der Waals surface area contributed by atoms with Crippen molar-refractivity contribution in [2.45, 2.75) is 37.8 Å². The molecule has 0 aromatic heterocycles. The number of benzene rings is 1. The smallest absolute Gasteiger partial charge is 0.338 e. The van der Waals surface area contributed by atoms with E-state index in [1.54, 1.807) is 31.2 Å². The van der Waals surface area contributed by atoms with Crippen LogP contribution in [-0.2, 0) is 14.3 Å². The molecule has 2 fully saturated rings. The standard InChI is InChI=1S/C20H21ClN4O5/c1-2-30-16(26)14-13(10-25-17(27)20(8-3-9-20)24-19(25)29)22-18(28)23-15(14)11-4-6-12(21)7-5-11/h4-7,15H,2-3,8-10H2,1H3,(H,24,29)(H2,22,23,28). The van der Waals surface area contributed by atoms with E-state index in [0.717, 1.165) is 11.3 Å². The number of nitrogens with one attached hydrogen (secondary N) is 3. The van der Waals surface area contributed by atoms with E-state index >= 15 is 0 Å². The van der Waals surface area contributed by atoms with Crippen LogP contribution in [0.5, 0.6) is 0 Å². The van der Waals surface area contributed by atoms with Gasteiger partial charge in [-0.25, -0.2) is 14.4 Å². The average molecular weight is 433 g/mol. The van der Waals surface area contributed by atoms with E-state index in [9.17, 15) is 19.2 Å². The summed E-state index contributed by atoms with van der Waals surface area (Å²) in [5, 5.41) is 8.53. The van der Waals surface area contributed by atoms with Gasteiger partial charge in [0.1, 0.15) is 5.54 Å². The van der Waals surface area contributed by atoms with Crippen LogP contribution in [0, 0.1) is 0 Å². The van der Waals surface area contributed by atoms with Crippen molar-refractivity contribution in [3.05, 3.63) is 46.1 Å². The fraction of sp³-hybridized carbons (Fsp3) is 0.400. The summed E-state index contributed by atoms with van der Waals surface area (Å²) in [4.78, 5) is 51.5. The molecule has 5 amide bonds. The third-order valence-corrected chi connectivity index (χ3v) is 5.87. The molecular weight excluding hydrogens is 412 g/mol. The molecule has 1 spiro atoms. The van der Waals surface area contributed by atoms with Crippen molar-refractivity contribution in [3.63, 3.8) is 0 Å². The summed E-state index contributed by atoms with van der Waals surface area (Å²) in [5.74, 6) is -0.990. The number of hydrogen-bond donors (Lipinski definition) is 3. The van der Waals surface area contributed by atoms with E-state index < -0.39 is 29.6 Å². The summed E-state index contributed by atoms with van der Waals surface area (Å²) < 4.78 is 5.20. The lowest BCUT2D eigenvalue weighted by Gasteiger charge is -2.35. The summed E-state index contributed by atoms with van der Waals surface area (Å²) >= 11 is 5.96. The monoisotopic (exact) mass is 432 g/mol. The Kier molecular flexibility index (Phi) is 5.15. The Balaban J connectivity index is 1.72. The van der Waals surface area contributed by atoms with Gasteiger partial charge in [0, 0.05) is 5.02 Å². The van der Waals surface area contributed by atoms with Crippen molar-refractivity contribution in [3.8, 4) is 0 Å². The maximum atomic E-state index is 12.8. The zero-order valence-corrected chi connectivity index (χ0v) is 17.0. The number of esters is 1. The Morgan fingerprint density at radius 3 is 2.50 bits per heavy atom. The fourth-order valence-electron chi connectivity index (χ4n) is 3.94. The molecule has 2 aliphatic heterocycles. The normalized spacial score (nSPS) is 22.4. The maximum Gasteiger partial charge on any atom is 0.338 e. The van der Waals surface area contributed by atoms with Gasteiger partial charge >= 0.3 is 18.0 Å². The Morgan fingerprint density at radius 2 is 1.93 bits per heavy atom. The summed E-state index contributed by atoms with van der Waals surface area (Å²) in [6.45, 7) is 1.56. The molecule has 158 valence electrons. The summed E-state index contributed by atoms with van der Waals surface area (Å²) in [7, 11) is 0. The van der Waals surface area contributed by atoms with Crippen molar-refractivity contribution >= 4 is 35.5 Å². The Bertz CT molecular complexity index is 954. The molecule has 1 atom stereocenters. The van der Waals surface area contributed by atoms with Crippen LogP contribution >= 0.6 is 11.6 Å². The van der Waals surface area contributed by atoms with Crippen molar-refractivity contribution in [2.24, 2.45) is 0 Å². The number of carbonyl (C=O) groups excluding carboxylic acids is 4. The van der Waals surface area contributed by atoms with Crippen LogP contribution < -0.4 is 16.0 Å². The second kappa shape index (κ2) is 7.64. The van der Waals surface area contributed by atoms with Crippen LogP contribution in [-0.4, -0.2) is 47.5 Å². The predicted molar refractivity (Wildman–Crippen MR) is 106 cm³/mol. The van der Waals surface area contributed by atoms with Gasteiger partial charge in [-0.3, -0.25) is 9.69 Å². The zero-order chi connectivity index (χ0) is 21.5. The Labute approximate surface area is 177 Å². The average Bonchev–Trinajstić information content (AvgIpc) is 2.93. The molecule has 30 heavy (non-hydrogen) atoms. The van der Waals surface area contributed by atoms with E-state index in [2.05, 4.69) is 16.0 Å². The minimum Gasteiger partial charge on any atom is -0.463 e. The highest BCUT2D eigenvalue weighted by Crippen LogP contribution is 2.38. The van der Waals surface area contributed by atoms with Gasteiger partial charge in [-0.2, -0.15) is 0 Å². The summed E-state index contributed by atoms with van der Waals surface area (Å²) in [6.07, 6.45) is 2.02. The molecule has 3 N–H and O–H groups in total. The number of rotatable bonds is 5. The number of amides is 5. The highest BCUT2D eigenvalue weighted by molar-refractivity contribution is 6.30. The molecule has 1 aromatic rings. The van der Waals surface area contributed by atoms with Gasteiger partial charge in [-0.15, -0.1) is 0 Å². The van der Waals surface area contributed by atoms with E-state index in [-0.39, 0.29) is 30.3 Å². The van der Waals surface area contributed by atoms with Gasteiger partial charge in [0.25, 0.3) is 5.91 Å². The highest BCUT2D eigenvalue weighted by Gasteiger charge is 2.55. The van der Waals surface area contributed by atoms with Crippen molar-refractivity contribution < 1.29 is 23.9 Å². The van der Waals surface area contributed by atoms with Crippen LogP contribution in [0.3, 0.4) is 0 Å². The molecule has 10 heteroatoms. The largest absolute Gasteiger partial charge is 0.463 e. The zero-order valence-electron chi connectivity index (χ0n) is 16.3. The predicted octanol–water partition coefficient (Wildman–Crippen LogP) is 1.99. The first-order chi connectivity index (χ1) is 14.3. The van der Waals surface area contributed by atoms with E-state index in [1.165, 1.54) is 0 Å². The van der Waals surface area contributed by atoms with E-state index in [4.69, 9.17) is 16.3 Å². The van der Waals surface area contributed by atoms with Crippen LogP contribution in [0.25, 0.3) is 0 Å². The Morgan fingerprint density at radius 1 is 1.23 bits per heavy atom. The first-order valence-corrected chi connectivity index (χ1v) is 10.1. The number of ether oxygens (including phenoxy) is 1. The lowest BCUT2D eigenvalue weighted by Crippen LogP contribution is -2.53. The van der Waals surface area contributed by atoms with Gasteiger partial charge in [-0.1, -0.05) is 23.7 Å². The SMILES string of the molecule is CCOC(=O)C1=C(CN2C(=O)NC3(CCC3)C2=O)NC(=O)NC1c1ccc(Cl)cc1. The maximum absolute atomic E-state index is 12.8. The quantitative estimate of drug-likeness (QED) is 0.486. The second-order valence-electron chi connectivity index (χ2n) is 7.45. The molecule has 0 bridgehead atoms. The van der Waals surface area contributed by atoms with Gasteiger partial charge in [-0.05, 0) is 43.9 Å². The lowest BCUT2D eigenvalue weighted by molar-refractivity contribution is -0.139. The number of carbonyl (C=O) groups is 4. The third-order valence-electron chi connectivity index (χ3n) is 5.62. The molecular formula is C20H21ClN4O5. The fourth-order valence-corrected chi connectivity index (χ4v) is 4.07. The number of nitrogens with zero attached hydrogens (tertiary/aromatic N) is 1. The van der Waals surface area contributed by atoms with Crippen LogP contribution in [0.4, 0.5) is 9.59 Å². The molecule has 1 saturated carbocycles. The molecule has 1 saturated heterocycles. The van der Waals surface area contributed by atoms with Crippen LogP contribution in [0.1, 0.15) is 37.8 Å². The molecule has 1 aliphatic carbocycles. The van der Waals surface area contributed by atoms with Gasteiger partial charge < -0.3 is 20.7 Å². The molecule has 4 rings (SSSR count). The van der Waals surface area contributed by atoms with Gasteiger partial charge in [0.2, 0.25) is 0 Å². The van der Waals surface area contributed by atoms with Gasteiger partial charge in [0.15, 0.2) is 0 Å². The van der Waals surface area contributed by atoms with Crippen molar-refractivity contribution in [1.29, 1.82) is 0 Å². The molecule has 1 unspecified atom stereocenters. The van der Waals surface area contributed by atoms with Crippen LogP contribution in [0.15, 0.2) is 35.5 Å². The van der Waals surface area contributed by atoms with E-state index in [0.29, 0.717) is 23.4 Å². The number of hydrogen-bond acceptors (Lipinski definition) is 5. The summed E-state index contributed by atoms with van der Waals surface area (Å²) in [6, 6.07) is 4.76. The third kappa shape index (κ3) is 3.39. The summed E-state index contributed by atoms with van der Waals surface area (Å²) in [5.41, 5.74) is 0.0438. The minimum absolute atomic E-state index is 0.128. The number of imide groups is 1. The first kappa shape index (κ1) is 20.2. The van der Waals surface area contributed by atoms with E-state index in [1.807, 2.05) is 0 Å². The molecule has 9 nitrogen and oxygen atoms in total. The number of halogens is 1. The molecule has 3 aliphatic rings. The van der Waals surface area contributed by atoms with Crippen molar-refractivity contribution in [1.82, 2.24) is 20.9 Å². The minimum atomic E-state index is -0.853. The molecule has 1 aromatic carbocycles. The number of urea groups is 2. The van der Waals surface area contributed by atoms with Gasteiger partial charge in [0.05, 0.1) is 30.5 Å². The molecule has 2 heterocycles. The second-order valence-corrected chi connectivity index (χ2v) is 7.89. The first-order valence-electron chi connectivity index (χ1n) is 9.72. The lowest BCUT2D eigenvalue weighted by atomic mass is 9.77. The molecule has 0 radical (unpaired) electrons. The van der Waals surface area contributed by atoms with Crippen molar-refractivity contribution in [2.75, 3.05) is 13.2 Å². The van der Waals surface area contributed by atoms with Crippen LogP contribution in [0.2, 0.25) is 5.02 Å². The highest BCUT2D eigenvalue weighted by atomic mass is 35.5. The topological polar surface area (TPSA) is 117 Å². The Hall–Kier alpha value is -3.07.